The van der Waals surface area contributed by atoms with Gasteiger partial charge in [-0.3, -0.25) is 4.90 Å². The Hall–Kier alpha value is -1.81. The van der Waals surface area contributed by atoms with Gasteiger partial charge in [-0.1, -0.05) is 0 Å². The summed E-state index contributed by atoms with van der Waals surface area (Å²) in [5.74, 6) is 0.701. The number of ether oxygens (including phenoxy) is 1. The SMILES string of the molecule is COc1ccc2c(CN3CCC3)cc(=O)oc2c1. The van der Waals surface area contributed by atoms with Gasteiger partial charge in [0.1, 0.15) is 11.3 Å². The average molecular weight is 245 g/mol. The predicted molar refractivity (Wildman–Crippen MR) is 68.9 cm³/mol. The molecule has 0 unspecified atom stereocenters. The van der Waals surface area contributed by atoms with Crippen LogP contribution in [0.2, 0.25) is 0 Å². The van der Waals surface area contributed by atoms with Gasteiger partial charge >= 0.3 is 5.63 Å². The van der Waals surface area contributed by atoms with Gasteiger partial charge in [0.2, 0.25) is 0 Å². The van der Waals surface area contributed by atoms with Gasteiger partial charge < -0.3 is 9.15 Å². The summed E-state index contributed by atoms with van der Waals surface area (Å²) in [4.78, 5) is 13.9. The number of hydrogen-bond acceptors (Lipinski definition) is 4. The highest BCUT2D eigenvalue weighted by Crippen LogP contribution is 2.24. The van der Waals surface area contributed by atoms with E-state index in [-0.39, 0.29) is 5.63 Å². The van der Waals surface area contributed by atoms with E-state index in [9.17, 15) is 4.79 Å². The highest BCUT2D eigenvalue weighted by Gasteiger charge is 2.16. The van der Waals surface area contributed by atoms with Crippen molar-refractivity contribution in [2.45, 2.75) is 13.0 Å². The van der Waals surface area contributed by atoms with Crippen LogP contribution in [0.5, 0.6) is 5.75 Å². The van der Waals surface area contributed by atoms with Crippen LogP contribution in [0.1, 0.15) is 12.0 Å². The molecule has 1 saturated heterocycles. The first-order valence-corrected chi connectivity index (χ1v) is 6.09. The van der Waals surface area contributed by atoms with Crippen LogP contribution in [0.25, 0.3) is 11.0 Å². The molecule has 0 spiro atoms. The molecule has 0 atom stereocenters. The van der Waals surface area contributed by atoms with Crippen LogP contribution in [0.4, 0.5) is 0 Å². The van der Waals surface area contributed by atoms with Crippen LogP contribution in [0, 0.1) is 0 Å². The molecular weight excluding hydrogens is 230 g/mol. The van der Waals surface area contributed by atoms with Gasteiger partial charge in [0, 0.05) is 24.1 Å². The fraction of sp³-hybridized carbons (Fsp3) is 0.357. The van der Waals surface area contributed by atoms with Crippen molar-refractivity contribution in [3.05, 3.63) is 40.2 Å². The second kappa shape index (κ2) is 4.46. The van der Waals surface area contributed by atoms with Gasteiger partial charge in [-0.25, -0.2) is 4.79 Å². The monoisotopic (exact) mass is 245 g/mol. The first-order valence-electron chi connectivity index (χ1n) is 6.09. The number of likely N-dealkylation sites (tertiary alicyclic amines) is 1. The lowest BCUT2D eigenvalue weighted by atomic mass is 10.1. The van der Waals surface area contributed by atoms with E-state index in [2.05, 4.69) is 4.90 Å². The summed E-state index contributed by atoms with van der Waals surface area (Å²) < 4.78 is 10.4. The summed E-state index contributed by atoms with van der Waals surface area (Å²) in [5.41, 5.74) is 1.33. The zero-order valence-electron chi connectivity index (χ0n) is 10.3. The maximum absolute atomic E-state index is 11.6. The average Bonchev–Trinajstić information content (AvgIpc) is 2.32. The summed E-state index contributed by atoms with van der Waals surface area (Å²) in [6.07, 6.45) is 1.24. The minimum atomic E-state index is -0.300. The first kappa shape index (κ1) is 11.3. The van der Waals surface area contributed by atoms with Gasteiger partial charge in [0.05, 0.1) is 7.11 Å². The van der Waals surface area contributed by atoms with E-state index in [1.807, 2.05) is 12.1 Å². The number of methoxy groups -OCH3 is 1. The van der Waals surface area contributed by atoms with Crippen molar-refractivity contribution >= 4 is 11.0 Å². The highest BCUT2D eigenvalue weighted by molar-refractivity contribution is 5.81. The fourth-order valence-electron chi connectivity index (χ4n) is 2.25. The topological polar surface area (TPSA) is 42.7 Å². The molecule has 3 rings (SSSR count). The van der Waals surface area contributed by atoms with Crippen molar-refractivity contribution < 1.29 is 9.15 Å². The molecule has 1 fully saturated rings. The van der Waals surface area contributed by atoms with Gasteiger partial charge in [0.15, 0.2) is 0 Å². The minimum Gasteiger partial charge on any atom is -0.497 e. The summed E-state index contributed by atoms with van der Waals surface area (Å²) in [7, 11) is 1.60. The van der Waals surface area contributed by atoms with Crippen LogP contribution in [0.15, 0.2) is 33.5 Å². The second-order valence-corrected chi connectivity index (χ2v) is 4.58. The molecule has 0 bridgehead atoms. The van der Waals surface area contributed by atoms with Crippen molar-refractivity contribution in [1.29, 1.82) is 0 Å². The molecule has 0 aliphatic carbocycles. The molecule has 0 saturated carbocycles. The van der Waals surface area contributed by atoms with Crippen LogP contribution < -0.4 is 10.4 Å². The Morgan fingerprint density at radius 1 is 1.33 bits per heavy atom. The lowest BCUT2D eigenvalue weighted by molar-refractivity contribution is 0.173. The molecule has 0 radical (unpaired) electrons. The Kier molecular flexibility index (Phi) is 2.80. The molecule has 18 heavy (non-hydrogen) atoms. The van der Waals surface area contributed by atoms with E-state index in [1.165, 1.54) is 6.42 Å². The van der Waals surface area contributed by atoms with Crippen LogP contribution in [-0.2, 0) is 6.54 Å². The first-order chi connectivity index (χ1) is 8.76. The van der Waals surface area contributed by atoms with Crippen molar-refractivity contribution in [2.75, 3.05) is 20.2 Å². The van der Waals surface area contributed by atoms with Crippen molar-refractivity contribution in [3.63, 3.8) is 0 Å². The van der Waals surface area contributed by atoms with E-state index >= 15 is 0 Å². The Bertz CT molecular complexity index is 628. The molecule has 1 aromatic carbocycles. The van der Waals surface area contributed by atoms with E-state index < -0.39 is 0 Å². The van der Waals surface area contributed by atoms with E-state index in [4.69, 9.17) is 9.15 Å². The number of fused-ring (bicyclic) bond motifs is 1. The minimum absolute atomic E-state index is 0.300. The van der Waals surface area contributed by atoms with Gasteiger partial charge in [-0.2, -0.15) is 0 Å². The zero-order valence-corrected chi connectivity index (χ0v) is 10.3. The van der Waals surface area contributed by atoms with E-state index in [0.717, 1.165) is 30.6 Å². The molecule has 4 heteroatoms. The quantitative estimate of drug-likeness (QED) is 0.776. The Balaban J connectivity index is 2.08. The number of nitrogens with zero attached hydrogens (tertiary/aromatic N) is 1. The Morgan fingerprint density at radius 2 is 2.17 bits per heavy atom. The molecule has 0 amide bonds. The molecular formula is C14H15NO3. The lowest BCUT2D eigenvalue weighted by Gasteiger charge is -2.30. The van der Waals surface area contributed by atoms with E-state index in [0.29, 0.717) is 11.3 Å². The molecule has 1 aliphatic heterocycles. The van der Waals surface area contributed by atoms with Crippen LogP contribution in [-0.4, -0.2) is 25.1 Å². The normalized spacial score (nSPS) is 15.6. The van der Waals surface area contributed by atoms with Gasteiger partial charge in [-0.05, 0) is 37.2 Å². The maximum atomic E-state index is 11.6. The van der Waals surface area contributed by atoms with Crippen LogP contribution in [0.3, 0.4) is 0 Å². The molecule has 4 nitrogen and oxygen atoms in total. The fourth-order valence-corrected chi connectivity index (χ4v) is 2.25. The molecule has 94 valence electrons. The maximum Gasteiger partial charge on any atom is 0.336 e. The van der Waals surface area contributed by atoms with Crippen molar-refractivity contribution in [2.24, 2.45) is 0 Å². The highest BCUT2D eigenvalue weighted by atomic mass is 16.5. The van der Waals surface area contributed by atoms with Gasteiger partial charge in [0.25, 0.3) is 0 Å². The third-order valence-electron chi connectivity index (χ3n) is 3.38. The summed E-state index contributed by atoms with van der Waals surface area (Å²) in [6, 6.07) is 7.19. The molecule has 2 aromatic rings. The van der Waals surface area contributed by atoms with Gasteiger partial charge in [-0.15, -0.1) is 0 Å². The zero-order chi connectivity index (χ0) is 12.5. The molecule has 1 aromatic heterocycles. The summed E-state index contributed by atoms with van der Waals surface area (Å²) in [5, 5.41) is 0.988. The van der Waals surface area contributed by atoms with Crippen LogP contribution >= 0.6 is 0 Å². The summed E-state index contributed by atoms with van der Waals surface area (Å²) >= 11 is 0. The number of rotatable bonds is 3. The third-order valence-corrected chi connectivity index (χ3v) is 3.38. The number of benzene rings is 1. The lowest BCUT2D eigenvalue weighted by Crippen LogP contribution is -2.36. The van der Waals surface area contributed by atoms with Crippen molar-refractivity contribution in [1.82, 2.24) is 4.90 Å². The molecule has 0 N–H and O–H groups in total. The Labute approximate surface area is 105 Å². The Morgan fingerprint density at radius 3 is 2.83 bits per heavy atom. The predicted octanol–water partition coefficient (Wildman–Crippen LogP) is 2.01. The number of hydrogen-bond donors (Lipinski definition) is 0. The summed E-state index contributed by atoms with van der Waals surface area (Å²) in [6.45, 7) is 3.03. The van der Waals surface area contributed by atoms with E-state index in [1.54, 1.807) is 19.2 Å². The standard InChI is InChI=1S/C14H15NO3/c1-17-11-3-4-12-10(9-15-5-2-6-15)7-14(16)18-13(12)8-11/h3-4,7-8H,2,5-6,9H2,1H3. The second-order valence-electron chi connectivity index (χ2n) is 4.58. The molecule has 1 aliphatic rings. The largest absolute Gasteiger partial charge is 0.497 e. The molecule has 2 heterocycles. The third kappa shape index (κ3) is 1.99. The van der Waals surface area contributed by atoms with Crippen molar-refractivity contribution in [3.8, 4) is 5.75 Å². The smallest absolute Gasteiger partial charge is 0.336 e.